The largest absolute Gasteiger partial charge is 0.494 e. The summed E-state index contributed by atoms with van der Waals surface area (Å²) in [5, 5.41) is 3.11. The molecule has 4 nitrogen and oxygen atoms in total. The van der Waals surface area contributed by atoms with Gasteiger partial charge in [-0.25, -0.2) is 9.18 Å². The average molecular weight is 269 g/mol. The molecule has 0 aliphatic heterocycles. The second kappa shape index (κ2) is 6.02. The Balaban J connectivity index is 3.25. The third-order valence-corrected chi connectivity index (χ3v) is 2.90. The summed E-state index contributed by atoms with van der Waals surface area (Å²) >= 11 is 0. The summed E-state index contributed by atoms with van der Waals surface area (Å²) in [4.78, 5) is 12.0. The maximum Gasteiger partial charge on any atom is 0.330 e. The van der Waals surface area contributed by atoms with Crippen LogP contribution in [0.3, 0.4) is 0 Å². The number of nitrogens with one attached hydrogen (secondary N) is 1. The van der Waals surface area contributed by atoms with E-state index >= 15 is 0 Å². The molecule has 0 bridgehead atoms. The summed E-state index contributed by atoms with van der Waals surface area (Å²) in [7, 11) is 2.70. The first-order valence-corrected chi connectivity index (χ1v) is 6.05. The van der Waals surface area contributed by atoms with Crippen LogP contribution in [0.4, 0.5) is 4.39 Å². The fourth-order valence-corrected chi connectivity index (χ4v) is 2.02. The standard InChI is InChI=1S/C14H20FNO3/c1-9(2)16-14(3,13(17)19-5)10-6-7-12(18-4)11(15)8-10/h6-9,16H,1-5H3. The number of benzene rings is 1. The number of carbonyl (C=O) groups is 1. The van der Waals surface area contributed by atoms with Crippen LogP contribution in [0.5, 0.6) is 5.75 Å². The Hall–Kier alpha value is -1.62. The minimum absolute atomic E-state index is 0.0364. The summed E-state index contributed by atoms with van der Waals surface area (Å²) in [5.41, 5.74) is -0.609. The van der Waals surface area contributed by atoms with Gasteiger partial charge in [0.05, 0.1) is 14.2 Å². The average Bonchev–Trinajstić information content (AvgIpc) is 2.36. The van der Waals surface area contributed by atoms with Crippen molar-refractivity contribution in [2.24, 2.45) is 0 Å². The smallest absolute Gasteiger partial charge is 0.330 e. The molecule has 1 rings (SSSR count). The second-order valence-electron chi connectivity index (χ2n) is 4.76. The van der Waals surface area contributed by atoms with Crippen LogP contribution in [0.25, 0.3) is 0 Å². The number of ether oxygens (including phenoxy) is 2. The van der Waals surface area contributed by atoms with Crippen LogP contribution < -0.4 is 10.1 Å². The molecule has 1 atom stereocenters. The molecule has 106 valence electrons. The van der Waals surface area contributed by atoms with E-state index in [-0.39, 0.29) is 11.8 Å². The summed E-state index contributed by atoms with van der Waals surface area (Å²) in [6.07, 6.45) is 0. The lowest BCUT2D eigenvalue weighted by Gasteiger charge is -2.30. The SMILES string of the molecule is COC(=O)C(C)(NC(C)C)c1ccc(OC)c(F)c1. The molecule has 0 saturated heterocycles. The van der Waals surface area contributed by atoms with Crippen molar-refractivity contribution in [2.75, 3.05) is 14.2 Å². The molecule has 1 N–H and O–H groups in total. The van der Waals surface area contributed by atoms with E-state index in [1.54, 1.807) is 13.0 Å². The van der Waals surface area contributed by atoms with E-state index in [2.05, 4.69) is 5.32 Å². The van der Waals surface area contributed by atoms with Crippen molar-refractivity contribution < 1.29 is 18.7 Å². The molecule has 0 amide bonds. The monoisotopic (exact) mass is 269 g/mol. The van der Waals surface area contributed by atoms with Gasteiger partial charge in [-0.05, 0) is 38.5 Å². The second-order valence-corrected chi connectivity index (χ2v) is 4.76. The number of methoxy groups -OCH3 is 2. The van der Waals surface area contributed by atoms with Crippen LogP contribution >= 0.6 is 0 Å². The maximum absolute atomic E-state index is 13.8. The molecular formula is C14H20FNO3. The highest BCUT2D eigenvalue weighted by Crippen LogP contribution is 2.27. The highest BCUT2D eigenvalue weighted by atomic mass is 19.1. The highest BCUT2D eigenvalue weighted by molar-refractivity contribution is 5.82. The number of hydrogen-bond acceptors (Lipinski definition) is 4. The molecular weight excluding hydrogens is 249 g/mol. The normalized spacial score (nSPS) is 14.1. The fraction of sp³-hybridized carbons (Fsp3) is 0.500. The van der Waals surface area contributed by atoms with Crippen molar-refractivity contribution in [1.29, 1.82) is 0 Å². The van der Waals surface area contributed by atoms with Crippen LogP contribution in [0.1, 0.15) is 26.3 Å². The minimum Gasteiger partial charge on any atom is -0.494 e. The molecule has 19 heavy (non-hydrogen) atoms. The van der Waals surface area contributed by atoms with Gasteiger partial charge in [-0.1, -0.05) is 6.07 Å². The quantitative estimate of drug-likeness (QED) is 0.833. The number of hydrogen-bond donors (Lipinski definition) is 1. The van der Waals surface area contributed by atoms with E-state index in [1.807, 2.05) is 13.8 Å². The van der Waals surface area contributed by atoms with Gasteiger partial charge in [0.1, 0.15) is 5.54 Å². The third kappa shape index (κ3) is 3.23. The molecule has 0 radical (unpaired) electrons. The molecule has 1 aromatic rings. The summed E-state index contributed by atoms with van der Waals surface area (Å²) in [5.74, 6) is -0.841. The van der Waals surface area contributed by atoms with Crippen LogP contribution in [0.2, 0.25) is 0 Å². The van der Waals surface area contributed by atoms with Crippen LogP contribution in [-0.4, -0.2) is 26.2 Å². The zero-order chi connectivity index (χ0) is 14.6. The van der Waals surface area contributed by atoms with Gasteiger partial charge in [-0.15, -0.1) is 0 Å². The van der Waals surface area contributed by atoms with E-state index in [4.69, 9.17) is 9.47 Å². The minimum atomic E-state index is -1.10. The fourth-order valence-electron chi connectivity index (χ4n) is 2.02. The number of halogens is 1. The van der Waals surface area contributed by atoms with Gasteiger partial charge in [0.2, 0.25) is 0 Å². The molecule has 1 unspecified atom stereocenters. The van der Waals surface area contributed by atoms with Crippen molar-refractivity contribution in [3.8, 4) is 5.75 Å². The zero-order valence-electron chi connectivity index (χ0n) is 11.9. The van der Waals surface area contributed by atoms with Gasteiger partial charge in [0, 0.05) is 6.04 Å². The highest BCUT2D eigenvalue weighted by Gasteiger charge is 2.37. The van der Waals surface area contributed by atoms with Crippen LogP contribution in [0.15, 0.2) is 18.2 Å². The van der Waals surface area contributed by atoms with Gasteiger partial charge in [0.25, 0.3) is 0 Å². The van der Waals surface area contributed by atoms with E-state index < -0.39 is 17.3 Å². The molecule has 0 aliphatic rings. The van der Waals surface area contributed by atoms with E-state index in [1.165, 1.54) is 26.4 Å². The van der Waals surface area contributed by atoms with Crippen molar-refractivity contribution in [1.82, 2.24) is 5.32 Å². The lowest BCUT2D eigenvalue weighted by atomic mass is 9.91. The van der Waals surface area contributed by atoms with Crippen molar-refractivity contribution in [2.45, 2.75) is 32.4 Å². The van der Waals surface area contributed by atoms with E-state index in [0.717, 1.165) is 0 Å². The number of rotatable bonds is 5. The molecule has 0 spiro atoms. The molecule has 5 heteroatoms. The molecule has 0 aliphatic carbocycles. The Kier molecular flexibility index (Phi) is 4.89. The predicted octanol–water partition coefficient (Wildman–Crippen LogP) is 2.22. The van der Waals surface area contributed by atoms with Crippen LogP contribution in [-0.2, 0) is 15.1 Å². The first kappa shape index (κ1) is 15.4. The van der Waals surface area contributed by atoms with Crippen molar-refractivity contribution in [3.05, 3.63) is 29.6 Å². The number of carbonyl (C=O) groups excluding carboxylic acids is 1. The maximum atomic E-state index is 13.8. The summed E-state index contributed by atoms with van der Waals surface area (Å²) in [6.45, 7) is 5.47. The Bertz CT molecular complexity index is 462. The topological polar surface area (TPSA) is 47.6 Å². The number of esters is 1. The van der Waals surface area contributed by atoms with Gasteiger partial charge in [-0.2, -0.15) is 0 Å². The Morgan fingerprint density at radius 1 is 1.37 bits per heavy atom. The van der Waals surface area contributed by atoms with E-state index in [9.17, 15) is 9.18 Å². The van der Waals surface area contributed by atoms with Gasteiger partial charge >= 0.3 is 5.97 Å². The molecule has 0 fully saturated rings. The Morgan fingerprint density at radius 3 is 2.42 bits per heavy atom. The summed E-state index contributed by atoms with van der Waals surface area (Å²) in [6, 6.07) is 4.46. The third-order valence-electron chi connectivity index (χ3n) is 2.90. The lowest BCUT2D eigenvalue weighted by molar-refractivity contribution is -0.148. The Morgan fingerprint density at radius 2 is 2.00 bits per heavy atom. The van der Waals surface area contributed by atoms with Gasteiger partial charge < -0.3 is 9.47 Å². The molecule has 0 heterocycles. The van der Waals surface area contributed by atoms with Crippen LogP contribution in [0, 0.1) is 5.82 Å². The Labute approximate surface area is 112 Å². The molecule has 0 aromatic heterocycles. The van der Waals surface area contributed by atoms with Crippen molar-refractivity contribution >= 4 is 5.97 Å². The lowest BCUT2D eigenvalue weighted by Crippen LogP contribution is -2.50. The van der Waals surface area contributed by atoms with E-state index in [0.29, 0.717) is 5.56 Å². The van der Waals surface area contributed by atoms with Crippen molar-refractivity contribution in [3.63, 3.8) is 0 Å². The first-order valence-electron chi connectivity index (χ1n) is 6.05. The predicted molar refractivity (Wildman–Crippen MR) is 70.6 cm³/mol. The molecule has 0 saturated carbocycles. The van der Waals surface area contributed by atoms with Gasteiger partial charge in [-0.3, -0.25) is 5.32 Å². The van der Waals surface area contributed by atoms with Gasteiger partial charge in [0.15, 0.2) is 11.6 Å². The zero-order valence-corrected chi connectivity index (χ0v) is 11.9. The summed E-state index contributed by atoms with van der Waals surface area (Å²) < 4.78 is 23.5. The first-order chi connectivity index (χ1) is 8.85. The molecule has 1 aromatic carbocycles.